The number of nitrogens with one attached hydrogen (secondary N) is 1. The van der Waals surface area contributed by atoms with Crippen molar-refractivity contribution in [2.75, 3.05) is 11.9 Å². The van der Waals surface area contributed by atoms with Gasteiger partial charge in [-0.1, -0.05) is 18.2 Å². The Morgan fingerprint density at radius 1 is 1.16 bits per heavy atom. The molecule has 2 aromatic heterocycles. The average Bonchev–Trinajstić information content (AvgIpc) is 2.81. The first kappa shape index (κ1) is 21.2. The largest absolute Gasteiger partial charge is 0.478 e. The summed E-state index contributed by atoms with van der Waals surface area (Å²) in [6.45, 7) is 0.340. The minimum Gasteiger partial charge on any atom is -0.478 e. The van der Waals surface area contributed by atoms with E-state index in [1.807, 2.05) is 12.1 Å². The highest BCUT2D eigenvalue weighted by molar-refractivity contribution is 5.99. The van der Waals surface area contributed by atoms with Crippen LogP contribution in [0.15, 0.2) is 61.1 Å². The van der Waals surface area contributed by atoms with E-state index in [1.165, 1.54) is 6.07 Å². The van der Waals surface area contributed by atoms with Gasteiger partial charge in [-0.05, 0) is 53.8 Å². The van der Waals surface area contributed by atoms with E-state index >= 15 is 0 Å². The Morgan fingerprint density at radius 3 is 2.72 bits per heavy atom. The normalized spacial score (nSPS) is 15.2. The number of hydrogen-bond acceptors (Lipinski definition) is 5. The van der Waals surface area contributed by atoms with Gasteiger partial charge in [0, 0.05) is 31.9 Å². The molecule has 2 N–H and O–H groups in total. The van der Waals surface area contributed by atoms with Gasteiger partial charge in [-0.3, -0.25) is 14.6 Å². The van der Waals surface area contributed by atoms with E-state index in [0.29, 0.717) is 25.1 Å². The SMILES string of the molecule is CN1C(=O)C(Cc2cccc(C(=O)O)c2)Cc2cc(C(=O)NCc3cccnc3)ncc21. The fourth-order valence-corrected chi connectivity index (χ4v) is 3.88. The molecule has 1 aliphatic heterocycles. The summed E-state index contributed by atoms with van der Waals surface area (Å²) in [5, 5.41) is 12.0. The lowest BCUT2D eigenvalue weighted by Gasteiger charge is -2.31. The molecule has 1 unspecified atom stereocenters. The Labute approximate surface area is 184 Å². The molecule has 1 atom stereocenters. The summed E-state index contributed by atoms with van der Waals surface area (Å²) in [4.78, 5) is 46.5. The summed E-state index contributed by atoms with van der Waals surface area (Å²) < 4.78 is 0. The van der Waals surface area contributed by atoms with Crippen molar-refractivity contribution in [1.29, 1.82) is 0 Å². The number of anilines is 1. The van der Waals surface area contributed by atoms with Crippen LogP contribution in [0.25, 0.3) is 0 Å². The monoisotopic (exact) mass is 430 g/mol. The number of fused-ring (bicyclic) bond motifs is 1. The predicted octanol–water partition coefficient (Wildman–Crippen LogP) is 2.48. The number of carboxylic acid groups (broad SMARTS) is 1. The first-order valence-electron chi connectivity index (χ1n) is 10.2. The molecule has 3 heterocycles. The van der Waals surface area contributed by atoms with Gasteiger partial charge in [0.15, 0.2) is 0 Å². The minimum atomic E-state index is -1.00. The zero-order chi connectivity index (χ0) is 22.7. The third kappa shape index (κ3) is 4.49. The summed E-state index contributed by atoms with van der Waals surface area (Å²) in [7, 11) is 1.69. The molecule has 0 saturated heterocycles. The van der Waals surface area contributed by atoms with E-state index < -0.39 is 5.97 Å². The number of aromatic carboxylic acids is 1. The number of aromatic nitrogens is 2. The van der Waals surface area contributed by atoms with Crippen LogP contribution in [0.4, 0.5) is 5.69 Å². The van der Waals surface area contributed by atoms with Gasteiger partial charge in [-0.15, -0.1) is 0 Å². The van der Waals surface area contributed by atoms with Gasteiger partial charge < -0.3 is 15.3 Å². The van der Waals surface area contributed by atoms with Crippen molar-refractivity contribution in [3.8, 4) is 0 Å². The van der Waals surface area contributed by atoms with Crippen LogP contribution < -0.4 is 10.2 Å². The molecule has 0 spiro atoms. The molecule has 3 aromatic rings. The Balaban J connectivity index is 1.51. The third-order valence-corrected chi connectivity index (χ3v) is 5.54. The molecule has 2 amide bonds. The van der Waals surface area contributed by atoms with Crippen LogP contribution in [0, 0.1) is 5.92 Å². The van der Waals surface area contributed by atoms with Crippen LogP contribution in [0.5, 0.6) is 0 Å². The minimum absolute atomic E-state index is 0.0613. The van der Waals surface area contributed by atoms with Gasteiger partial charge in [-0.2, -0.15) is 0 Å². The van der Waals surface area contributed by atoms with Crippen LogP contribution in [-0.4, -0.2) is 39.9 Å². The lowest BCUT2D eigenvalue weighted by molar-refractivity contribution is -0.122. The van der Waals surface area contributed by atoms with Crippen LogP contribution in [0.2, 0.25) is 0 Å². The van der Waals surface area contributed by atoms with Crippen molar-refractivity contribution in [1.82, 2.24) is 15.3 Å². The van der Waals surface area contributed by atoms with Gasteiger partial charge >= 0.3 is 5.97 Å². The van der Waals surface area contributed by atoms with Crippen LogP contribution in [0.3, 0.4) is 0 Å². The molecule has 0 saturated carbocycles. The Morgan fingerprint density at radius 2 is 1.97 bits per heavy atom. The standard InChI is InChI=1S/C24H22N4O4/c1-28-21-14-26-20(22(29)27-13-16-5-3-7-25-12-16)11-18(21)10-19(23(28)30)9-15-4-2-6-17(8-15)24(31)32/h2-8,11-12,14,19H,9-10,13H2,1H3,(H,27,29)(H,31,32). The van der Waals surface area contributed by atoms with E-state index in [4.69, 9.17) is 0 Å². The maximum absolute atomic E-state index is 12.9. The average molecular weight is 430 g/mol. The predicted molar refractivity (Wildman–Crippen MR) is 117 cm³/mol. The summed E-state index contributed by atoms with van der Waals surface area (Å²) in [5.74, 6) is -1.72. The highest BCUT2D eigenvalue weighted by Gasteiger charge is 2.31. The molecule has 1 aliphatic rings. The van der Waals surface area contributed by atoms with E-state index in [2.05, 4.69) is 15.3 Å². The van der Waals surface area contributed by atoms with Gasteiger partial charge in [-0.25, -0.2) is 9.78 Å². The molecule has 8 heteroatoms. The van der Waals surface area contributed by atoms with Crippen molar-refractivity contribution in [3.63, 3.8) is 0 Å². The second-order valence-corrected chi connectivity index (χ2v) is 7.75. The second kappa shape index (κ2) is 8.97. The number of nitrogens with zero attached hydrogens (tertiary/aromatic N) is 3. The highest BCUT2D eigenvalue weighted by Crippen LogP contribution is 2.31. The molecule has 162 valence electrons. The molecule has 0 radical (unpaired) electrons. The topological polar surface area (TPSA) is 112 Å². The van der Waals surface area contributed by atoms with Crippen molar-refractivity contribution in [2.45, 2.75) is 19.4 Å². The fraction of sp³-hybridized carbons (Fsp3) is 0.208. The van der Waals surface area contributed by atoms with Crippen LogP contribution in [-0.2, 0) is 24.2 Å². The molecule has 8 nitrogen and oxygen atoms in total. The quantitative estimate of drug-likeness (QED) is 0.621. The number of carboxylic acids is 1. The van der Waals surface area contributed by atoms with E-state index in [0.717, 1.165) is 16.7 Å². The van der Waals surface area contributed by atoms with Crippen molar-refractivity contribution in [2.24, 2.45) is 5.92 Å². The third-order valence-electron chi connectivity index (χ3n) is 5.54. The summed E-state index contributed by atoms with van der Waals surface area (Å²) in [6.07, 6.45) is 5.76. The second-order valence-electron chi connectivity index (χ2n) is 7.75. The first-order chi connectivity index (χ1) is 15.4. The zero-order valence-corrected chi connectivity index (χ0v) is 17.5. The Bertz CT molecular complexity index is 1180. The van der Waals surface area contributed by atoms with Gasteiger partial charge in [0.2, 0.25) is 5.91 Å². The number of rotatable bonds is 6. The van der Waals surface area contributed by atoms with E-state index in [-0.39, 0.29) is 29.0 Å². The molecule has 4 rings (SSSR count). The molecular formula is C24H22N4O4. The summed E-state index contributed by atoms with van der Waals surface area (Å²) in [6, 6.07) is 12.0. The number of amides is 2. The number of benzene rings is 1. The van der Waals surface area contributed by atoms with Crippen LogP contribution >= 0.6 is 0 Å². The molecule has 0 bridgehead atoms. The van der Waals surface area contributed by atoms with E-state index in [1.54, 1.807) is 54.8 Å². The lowest BCUT2D eigenvalue weighted by Crippen LogP contribution is -2.40. The van der Waals surface area contributed by atoms with Crippen molar-refractivity contribution >= 4 is 23.5 Å². The van der Waals surface area contributed by atoms with Gasteiger partial charge in [0.05, 0.1) is 17.4 Å². The van der Waals surface area contributed by atoms with Gasteiger partial charge in [0.1, 0.15) is 5.69 Å². The van der Waals surface area contributed by atoms with Crippen LogP contribution in [0.1, 0.15) is 37.5 Å². The maximum Gasteiger partial charge on any atom is 0.335 e. The number of pyridine rings is 2. The summed E-state index contributed by atoms with van der Waals surface area (Å²) in [5.41, 5.74) is 3.66. The summed E-state index contributed by atoms with van der Waals surface area (Å²) >= 11 is 0. The molecule has 32 heavy (non-hydrogen) atoms. The zero-order valence-electron chi connectivity index (χ0n) is 17.5. The lowest BCUT2D eigenvalue weighted by atomic mass is 9.87. The van der Waals surface area contributed by atoms with Gasteiger partial charge in [0.25, 0.3) is 5.91 Å². The number of hydrogen-bond donors (Lipinski definition) is 2. The maximum atomic E-state index is 12.9. The highest BCUT2D eigenvalue weighted by atomic mass is 16.4. The molecule has 0 fully saturated rings. The Kier molecular flexibility index (Phi) is 5.93. The first-order valence-corrected chi connectivity index (χ1v) is 10.2. The Hall–Kier alpha value is -4.07. The van der Waals surface area contributed by atoms with E-state index in [9.17, 15) is 19.5 Å². The molecular weight excluding hydrogens is 408 g/mol. The van der Waals surface area contributed by atoms with Crippen molar-refractivity contribution in [3.05, 3.63) is 89.0 Å². The molecule has 1 aromatic carbocycles. The number of carbonyl (C=O) groups is 3. The smallest absolute Gasteiger partial charge is 0.335 e. The van der Waals surface area contributed by atoms with Crippen molar-refractivity contribution < 1.29 is 19.5 Å². The number of carbonyl (C=O) groups excluding carboxylic acids is 2. The molecule has 0 aliphatic carbocycles. The fourth-order valence-electron chi connectivity index (χ4n) is 3.88.